The SMILES string of the molecule is CCCCCCc1ccc(OCC(O)CO)cc1O. The number of benzene rings is 1. The summed E-state index contributed by atoms with van der Waals surface area (Å²) in [4.78, 5) is 0. The molecule has 0 aliphatic heterocycles. The summed E-state index contributed by atoms with van der Waals surface area (Å²) in [6, 6.07) is 5.18. The van der Waals surface area contributed by atoms with Crippen molar-refractivity contribution in [2.45, 2.75) is 45.1 Å². The van der Waals surface area contributed by atoms with E-state index in [1.165, 1.54) is 19.3 Å². The smallest absolute Gasteiger partial charge is 0.123 e. The molecule has 1 atom stereocenters. The number of aromatic hydroxyl groups is 1. The molecule has 0 aliphatic rings. The maximum atomic E-state index is 9.88. The minimum absolute atomic E-state index is 0.0196. The van der Waals surface area contributed by atoms with Crippen LogP contribution in [0.4, 0.5) is 0 Å². The maximum absolute atomic E-state index is 9.88. The van der Waals surface area contributed by atoms with E-state index in [-0.39, 0.29) is 19.0 Å². The highest BCUT2D eigenvalue weighted by Crippen LogP contribution is 2.25. The summed E-state index contributed by atoms with van der Waals surface area (Å²) in [5.41, 5.74) is 0.922. The van der Waals surface area contributed by atoms with Crippen molar-refractivity contribution in [2.24, 2.45) is 0 Å². The van der Waals surface area contributed by atoms with Crippen molar-refractivity contribution in [2.75, 3.05) is 13.2 Å². The number of ether oxygens (including phenoxy) is 1. The molecule has 0 spiro atoms. The van der Waals surface area contributed by atoms with E-state index in [4.69, 9.17) is 9.84 Å². The molecular formula is C15H24O4. The molecule has 0 saturated heterocycles. The highest BCUT2D eigenvalue weighted by molar-refractivity contribution is 5.39. The largest absolute Gasteiger partial charge is 0.508 e. The zero-order valence-electron chi connectivity index (χ0n) is 11.5. The van der Waals surface area contributed by atoms with Crippen LogP contribution in [0.3, 0.4) is 0 Å². The Morgan fingerprint density at radius 2 is 2.00 bits per heavy atom. The lowest BCUT2D eigenvalue weighted by Gasteiger charge is -2.11. The van der Waals surface area contributed by atoms with Gasteiger partial charge in [0.2, 0.25) is 0 Å². The van der Waals surface area contributed by atoms with Gasteiger partial charge in [-0.1, -0.05) is 32.3 Å². The van der Waals surface area contributed by atoms with Gasteiger partial charge in [-0.3, -0.25) is 0 Å². The number of aryl methyl sites for hydroxylation is 1. The molecule has 0 heterocycles. The Bertz CT molecular complexity index is 365. The van der Waals surface area contributed by atoms with Crippen LogP contribution in [0, 0.1) is 0 Å². The molecule has 108 valence electrons. The van der Waals surface area contributed by atoms with E-state index in [1.807, 2.05) is 6.07 Å². The summed E-state index contributed by atoms with van der Waals surface area (Å²) in [6.07, 6.45) is 4.65. The first-order valence-electron chi connectivity index (χ1n) is 6.91. The second kappa shape index (κ2) is 8.77. The third-order valence-corrected chi connectivity index (χ3v) is 3.01. The molecular weight excluding hydrogens is 244 g/mol. The first kappa shape index (κ1) is 15.8. The molecule has 1 aromatic carbocycles. The molecule has 1 aromatic rings. The summed E-state index contributed by atoms with van der Waals surface area (Å²) in [7, 11) is 0. The molecule has 0 saturated carbocycles. The number of phenols is 1. The van der Waals surface area contributed by atoms with E-state index in [1.54, 1.807) is 12.1 Å². The fourth-order valence-electron chi connectivity index (χ4n) is 1.83. The maximum Gasteiger partial charge on any atom is 0.123 e. The monoisotopic (exact) mass is 268 g/mol. The van der Waals surface area contributed by atoms with E-state index < -0.39 is 6.10 Å². The molecule has 1 rings (SSSR count). The van der Waals surface area contributed by atoms with E-state index in [9.17, 15) is 10.2 Å². The van der Waals surface area contributed by atoms with E-state index in [0.29, 0.717) is 5.75 Å². The standard InChI is InChI=1S/C15H24O4/c1-2-3-4-5-6-12-7-8-14(9-15(12)18)19-11-13(17)10-16/h7-9,13,16-18H,2-6,10-11H2,1H3. The lowest BCUT2D eigenvalue weighted by molar-refractivity contribution is 0.0535. The molecule has 1 unspecified atom stereocenters. The number of hydrogen-bond acceptors (Lipinski definition) is 4. The van der Waals surface area contributed by atoms with Crippen molar-refractivity contribution in [3.05, 3.63) is 23.8 Å². The zero-order valence-corrected chi connectivity index (χ0v) is 11.5. The molecule has 4 heteroatoms. The van der Waals surface area contributed by atoms with Gasteiger partial charge in [0.15, 0.2) is 0 Å². The minimum Gasteiger partial charge on any atom is -0.508 e. The van der Waals surface area contributed by atoms with Gasteiger partial charge in [0.25, 0.3) is 0 Å². The zero-order chi connectivity index (χ0) is 14.1. The predicted octanol–water partition coefficient (Wildman–Crippen LogP) is 2.25. The summed E-state index contributed by atoms with van der Waals surface area (Å²) in [5, 5.41) is 27.7. The second-order valence-corrected chi connectivity index (χ2v) is 4.75. The van der Waals surface area contributed by atoms with Crippen molar-refractivity contribution in [3.8, 4) is 11.5 Å². The molecule has 19 heavy (non-hydrogen) atoms. The average molecular weight is 268 g/mol. The van der Waals surface area contributed by atoms with Gasteiger partial charge in [-0.15, -0.1) is 0 Å². The Labute approximate surface area is 114 Å². The first-order chi connectivity index (χ1) is 9.17. The van der Waals surface area contributed by atoms with Crippen LogP contribution in [0.5, 0.6) is 11.5 Å². The topological polar surface area (TPSA) is 69.9 Å². The van der Waals surface area contributed by atoms with Crippen LogP contribution in [0.25, 0.3) is 0 Å². The molecule has 3 N–H and O–H groups in total. The number of aliphatic hydroxyl groups excluding tert-OH is 2. The van der Waals surface area contributed by atoms with Gasteiger partial charge in [-0.2, -0.15) is 0 Å². The van der Waals surface area contributed by atoms with Crippen LogP contribution in [-0.4, -0.2) is 34.6 Å². The van der Waals surface area contributed by atoms with Crippen molar-refractivity contribution < 1.29 is 20.1 Å². The Kier molecular flexibility index (Phi) is 7.30. The van der Waals surface area contributed by atoms with E-state index in [2.05, 4.69) is 6.92 Å². The molecule has 0 aromatic heterocycles. The van der Waals surface area contributed by atoms with E-state index in [0.717, 1.165) is 18.4 Å². The number of hydrogen-bond donors (Lipinski definition) is 3. The number of aliphatic hydroxyl groups is 2. The third-order valence-electron chi connectivity index (χ3n) is 3.01. The number of unbranched alkanes of at least 4 members (excludes halogenated alkanes) is 3. The van der Waals surface area contributed by atoms with Gasteiger partial charge >= 0.3 is 0 Å². The van der Waals surface area contributed by atoms with Crippen LogP contribution in [0.15, 0.2) is 18.2 Å². The van der Waals surface area contributed by atoms with Gasteiger partial charge < -0.3 is 20.1 Å². The van der Waals surface area contributed by atoms with Gasteiger partial charge in [-0.25, -0.2) is 0 Å². The fraction of sp³-hybridized carbons (Fsp3) is 0.600. The molecule has 0 bridgehead atoms. The molecule has 0 fully saturated rings. The Hall–Kier alpha value is -1.26. The molecule has 0 amide bonds. The van der Waals surface area contributed by atoms with Gasteiger partial charge in [0, 0.05) is 6.07 Å². The fourth-order valence-corrected chi connectivity index (χ4v) is 1.83. The van der Waals surface area contributed by atoms with Crippen LogP contribution in [0.2, 0.25) is 0 Å². The highest BCUT2D eigenvalue weighted by Gasteiger charge is 2.06. The quantitative estimate of drug-likeness (QED) is 0.601. The molecule has 0 aliphatic carbocycles. The van der Waals surface area contributed by atoms with E-state index >= 15 is 0 Å². The Balaban J connectivity index is 2.45. The summed E-state index contributed by atoms with van der Waals surface area (Å²) >= 11 is 0. The number of phenolic OH excluding ortho intramolecular Hbond substituents is 1. The summed E-state index contributed by atoms with van der Waals surface area (Å²) < 4.78 is 5.27. The third kappa shape index (κ3) is 5.94. The second-order valence-electron chi connectivity index (χ2n) is 4.75. The number of rotatable bonds is 9. The van der Waals surface area contributed by atoms with Crippen molar-refractivity contribution in [1.29, 1.82) is 0 Å². The van der Waals surface area contributed by atoms with Gasteiger partial charge in [0.05, 0.1) is 6.61 Å². The Morgan fingerprint density at radius 1 is 1.21 bits per heavy atom. The van der Waals surface area contributed by atoms with Gasteiger partial charge in [0.1, 0.15) is 24.2 Å². The van der Waals surface area contributed by atoms with Crippen LogP contribution in [0.1, 0.15) is 38.2 Å². The van der Waals surface area contributed by atoms with Crippen LogP contribution in [-0.2, 0) is 6.42 Å². The summed E-state index contributed by atoms with van der Waals surface area (Å²) in [5.74, 6) is 0.731. The highest BCUT2D eigenvalue weighted by atomic mass is 16.5. The minimum atomic E-state index is -0.893. The predicted molar refractivity (Wildman–Crippen MR) is 74.5 cm³/mol. The van der Waals surface area contributed by atoms with Crippen molar-refractivity contribution >= 4 is 0 Å². The van der Waals surface area contributed by atoms with Crippen molar-refractivity contribution in [1.82, 2.24) is 0 Å². The summed E-state index contributed by atoms with van der Waals surface area (Å²) in [6.45, 7) is 1.86. The van der Waals surface area contributed by atoms with Crippen molar-refractivity contribution in [3.63, 3.8) is 0 Å². The normalized spacial score (nSPS) is 12.4. The van der Waals surface area contributed by atoms with Gasteiger partial charge in [-0.05, 0) is 24.5 Å². The first-order valence-corrected chi connectivity index (χ1v) is 6.91. The molecule has 4 nitrogen and oxygen atoms in total. The lowest BCUT2D eigenvalue weighted by Crippen LogP contribution is -2.21. The molecule has 0 radical (unpaired) electrons. The lowest BCUT2D eigenvalue weighted by atomic mass is 10.1. The van der Waals surface area contributed by atoms with Crippen LogP contribution >= 0.6 is 0 Å². The average Bonchev–Trinajstić information content (AvgIpc) is 2.42. The van der Waals surface area contributed by atoms with Crippen LogP contribution < -0.4 is 4.74 Å². The Morgan fingerprint density at radius 3 is 2.63 bits per heavy atom.